The van der Waals surface area contributed by atoms with Crippen molar-refractivity contribution < 1.29 is 25.3 Å². The van der Waals surface area contributed by atoms with Crippen LogP contribution in [0.25, 0.3) is 0 Å². The Bertz CT molecular complexity index is 1350. The molecule has 4 N–H and O–H groups in total. The SMILES string of the molecule is CC1=C(/C=C/C(C)=C/C=C/C(C)=C/C=C/C=C(C)/C=C/C=C(C)/C=C/C2=C(C)C(=O)C(O)CC2(C)C)C(C)(C)CC(O)C1=O.O. The van der Waals surface area contributed by atoms with Crippen LogP contribution < -0.4 is 0 Å². The van der Waals surface area contributed by atoms with Crippen LogP contribution in [0.3, 0.4) is 0 Å². The second-order valence-electron chi connectivity index (χ2n) is 13.4. The quantitative estimate of drug-likeness (QED) is 0.243. The van der Waals surface area contributed by atoms with Crippen LogP contribution in [0.5, 0.6) is 0 Å². The van der Waals surface area contributed by atoms with Crippen molar-refractivity contribution >= 4 is 11.6 Å². The molecule has 0 aromatic heterocycles. The lowest BCUT2D eigenvalue weighted by molar-refractivity contribution is -0.126. The number of ketones is 2. The first-order chi connectivity index (χ1) is 20.5. The molecule has 0 saturated heterocycles. The van der Waals surface area contributed by atoms with E-state index in [2.05, 4.69) is 65.8 Å². The molecule has 244 valence electrons. The Kier molecular flexibility index (Phi) is 15.0. The van der Waals surface area contributed by atoms with E-state index in [0.29, 0.717) is 24.0 Å². The number of aliphatic hydroxyl groups is 2. The van der Waals surface area contributed by atoms with E-state index in [9.17, 15) is 19.8 Å². The van der Waals surface area contributed by atoms with Gasteiger partial charge in [-0.25, -0.2) is 0 Å². The summed E-state index contributed by atoms with van der Waals surface area (Å²) in [5, 5.41) is 20.0. The van der Waals surface area contributed by atoms with E-state index < -0.39 is 12.2 Å². The summed E-state index contributed by atoms with van der Waals surface area (Å²) in [6, 6.07) is 0. The fourth-order valence-electron chi connectivity index (χ4n) is 5.62. The largest absolute Gasteiger partial charge is 0.412 e. The van der Waals surface area contributed by atoms with Gasteiger partial charge in [-0.15, -0.1) is 0 Å². The third kappa shape index (κ3) is 11.7. The molecule has 45 heavy (non-hydrogen) atoms. The van der Waals surface area contributed by atoms with E-state index in [-0.39, 0.29) is 27.9 Å². The average Bonchev–Trinajstić information content (AvgIpc) is 2.92. The molecular formula is C40H54O5. The van der Waals surface area contributed by atoms with E-state index in [1.165, 1.54) is 0 Å². The van der Waals surface area contributed by atoms with Gasteiger partial charge in [0.25, 0.3) is 0 Å². The van der Waals surface area contributed by atoms with Crippen LogP contribution in [0.2, 0.25) is 0 Å². The fraction of sp³-hybridized carbons (Fsp3) is 0.400. The molecule has 0 aromatic rings. The van der Waals surface area contributed by atoms with Gasteiger partial charge in [0, 0.05) is 0 Å². The smallest absolute Gasteiger partial charge is 0.187 e. The highest BCUT2D eigenvalue weighted by Crippen LogP contribution is 2.40. The predicted octanol–water partition coefficient (Wildman–Crippen LogP) is 8.08. The number of hydrogen-bond donors (Lipinski definition) is 2. The van der Waals surface area contributed by atoms with Crippen LogP contribution in [0.1, 0.15) is 82.1 Å². The zero-order chi connectivity index (χ0) is 33.2. The number of carbonyl (C=O) groups is 2. The highest BCUT2D eigenvalue weighted by atomic mass is 16.3. The molecule has 2 unspecified atom stereocenters. The number of hydrogen-bond acceptors (Lipinski definition) is 4. The van der Waals surface area contributed by atoms with Gasteiger partial charge in [-0.1, -0.05) is 135 Å². The maximum atomic E-state index is 12.2. The fourth-order valence-corrected chi connectivity index (χ4v) is 5.62. The van der Waals surface area contributed by atoms with Crippen molar-refractivity contribution in [2.24, 2.45) is 10.8 Å². The Morgan fingerprint density at radius 1 is 0.578 bits per heavy atom. The van der Waals surface area contributed by atoms with Gasteiger partial charge in [0.15, 0.2) is 11.6 Å². The van der Waals surface area contributed by atoms with E-state index >= 15 is 0 Å². The molecule has 0 saturated carbocycles. The molecule has 2 atom stereocenters. The summed E-state index contributed by atoms with van der Waals surface area (Å²) in [6.45, 7) is 20.0. The van der Waals surface area contributed by atoms with E-state index in [0.717, 1.165) is 33.4 Å². The minimum absolute atomic E-state index is 0. The molecule has 5 heteroatoms. The van der Waals surface area contributed by atoms with Crippen LogP contribution >= 0.6 is 0 Å². The lowest BCUT2D eigenvalue weighted by Gasteiger charge is -2.34. The Labute approximate surface area is 271 Å². The van der Waals surface area contributed by atoms with Gasteiger partial charge in [-0.2, -0.15) is 0 Å². The van der Waals surface area contributed by atoms with Gasteiger partial charge < -0.3 is 15.7 Å². The second kappa shape index (κ2) is 17.2. The van der Waals surface area contributed by atoms with Crippen molar-refractivity contribution in [2.75, 3.05) is 0 Å². The van der Waals surface area contributed by atoms with E-state index in [1.807, 2.05) is 74.6 Å². The molecule has 0 aromatic carbocycles. The second-order valence-corrected chi connectivity index (χ2v) is 13.4. The molecule has 0 radical (unpaired) electrons. The van der Waals surface area contributed by atoms with Crippen molar-refractivity contribution in [2.45, 2.75) is 94.3 Å². The third-order valence-electron chi connectivity index (χ3n) is 8.31. The summed E-state index contributed by atoms with van der Waals surface area (Å²) >= 11 is 0. The summed E-state index contributed by atoms with van der Waals surface area (Å²) in [4.78, 5) is 24.5. The highest BCUT2D eigenvalue weighted by molar-refractivity contribution is 6.01. The van der Waals surface area contributed by atoms with Crippen LogP contribution in [-0.2, 0) is 9.59 Å². The zero-order valence-corrected chi connectivity index (χ0v) is 28.9. The first-order valence-corrected chi connectivity index (χ1v) is 15.4. The summed E-state index contributed by atoms with van der Waals surface area (Å²) in [6.07, 6.45) is 27.5. The monoisotopic (exact) mass is 614 g/mol. The molecule has 5 nitrogen and oxygen atoms in total. The number of rotatable bonds is 10. The van der Waals surface area contributed by atoms with Crippen molar-refractivity contribution in [1.82, 2.24) is 0 Å². The standard InChI is InChI=1S/C40H52O4.H2O/c1-27(17-13-19-29(3)21-23-33-31(5)37(43)35(41)25-39(33,7)8)15-11-12-16-28(2)18-14-20-30(4)22-24-34-32(6)38(44)36(42)26-40(34,9)10;/h11-24,35-36,41-42H,25-26H2,1-10H3;1H2/b12-11+,17-13+,18-14+,23-21+,24-22+,27-15+,28-16+,29-19+,30-20+;. The first kappa shape index (κ1) is 39.4. The Morgan fingerprint density at radius 2 is 0.867 bits per heavy atom. The van der Waals surface area contributed by atoms with Crippen LogP contribution in [0.4, 0.5) is 0 Å². The summed E-state index contributed by atoms with van der Waals surface area (Å²) in [7, 11) is 0. The number of allylic oxidation sites excluding steroid dienone is 20. The molecule has 0 spiro atoms. The first-order valence-electron chi connectivity index (χ1n) is 15.4. The van der Waals surface area contributed by atoms with Crippen molar-refractivity contribution in [1.29, 1.82) is 0 Å². The number of carbonyl (C=O) groups excluding carboxylic acids is 2. The molecule has 0 fully saturated rings. The molecule has 2 aliphatic rings. The Hall–Kier alpha value is -3.64. The predicted molar refractivity (Wildman–Crippen MR) is 189 cm³/mol. The molecular weight excluding hydrogens is 560 g/mol. The lowest BCUT2D eigenvalue weighted by Crippen LogP contribution is -2.35. The molecule has 0 aliphatic heterocycles. The summed E-state index contributed by atoms with van der Waals surface area (Å²) in [5.74, 6) is -0.350. The van der Waals surface area contributed by atoms with E-state index in [1.54, 1.807) is 13.8 Å². The van der Waals surface area contributed by atoms with Crippen LogP contribution in [-0.4, -0.2) is 39.5 Å². The minimum Gasteiger partial charge on any atom is -0.412 e. The van der Waals surface area contributed by atoms with E-state index in [4.69, 9.17) is 0 Å². The maximum absolute atomic E-state index is 12.2. The molecule has 2 rings (SSSR count). The number of aliphatic hydroxyl groups excluding tert-OH is 2. The van der Waals surface area contributed by atoms with Crippen LogP contribution in [0, 0.1) is 10.8 Å². The molecule has 0 amide bonds. The summed E-state index contributed by atoms with van der Waals surface area (Å²) in [5.41, 5.74) is 7.16. The Morgan fingerprint density at radius 3 is 1.20 bits per heavy atom. The highest BCUT2D eigenvalue weighted by Gasteiger charge is 2.37. The van der Waals surface area contributed by atoms with Gasteiger partial charge in [0.05, 0.1) is 0 Å². The average molecular weight is 615 g/mol. The van der Waals surface area contributed by atoms with Gasteiger partial charge >= 0.3 is 0 Å². The topological polar surface area (TPSA) is 106 Å². The van der Waals surface area contributed by atoms with Crippen LogP contribution in [0.15, 0.2) is 130 Å². The lowest BCUT2D eigenvalue weighted by atomic mass is 9.71. The van der Waals surface area contributed by atoms with Gasteiger partial charge in [0.2, 0.25) is 0 Å². The molecule has 0 bridgehead atoms. The maximum Gasteiger partial charge on any atom is 0.187 e. The molecule has 0 heterocycles. The van der Waals surface area contributed by atoms with Gasteiger partial charge in [0.1, 0.15) is 12.2 Å². The Balaban J connectivity index is 0.0000101. The normalized spacial score (nSPS) is 24.0. The third-order valence-corrected chi connectivity index (χ3v) is 8.31. The van der Waals surface area contributed by atoms with Crippen molar-refractivity contribution in [3.63, 3.8) is 0 Å². The van der Waals surface area contributed by atoms with Gasteiger partial charge in [-0.05, 0) is 87.5 Å². The van der Waals surface area contributed by atoms with Crippen molar-refractivity contribution in [3.8, 4) is 0 Å². The number of Topliss-reactive ketones (excluding diaryl/α,β-unsaturated/α-hetero) is 2. The molecule has 2 aliphatic carbocycles. The van der Waals surface area contributed by atoms with Gasteiger partial charge in [-0.3, -0.25) is 9.59 Å². The minimum atomic E-state index is -0.907. The summed E-state index contributed by atoms with van der Waals surface area (Å²) < 4.78 is 0. The van der Waals surface area contributed by atoms with Crippen molar-refractivity contribution in [3.05, 3.63) is 130 Å². The zero-order valence-electron chi connectivity index (χ0n) is 28.9.